The minimum atomic E-state index is -0.396. The highest BCUT2D eigenvalue weighted by Gasteiger charge is 2.57. The average molecular weight is 306 g/mol. The first-order valence-corrected chi connectivity index (χ1v) is 9.78. The second kappa shape index (κ2) is 5.21. The number of fused-ring (bicyclic) bond motifs is 5. The molecule has 2 nitrogen and oxygen atoms in total. The van der Waals surface area contributed by atoms with Crippen LogP contribution in [0.4, 0.5) is 0 Å². The van der Waals surface area contributed by atoms with Gasteiger partial charge in [0, 0.05) is 6.61 Å². The molecule has 22 heavy (non-hydrogen) atoms. The van der Waals surface area contributed by atoms with E-state index < -0.39 is 5.60 Å². The lowest BCUT2D eigenvalue weighted by molar-refractivity contribution is -0.102. The molecule has 4 aliphatic carbocycles. The Morgan fingerprint density at radius 2 is 1.64 bits per heavy atom. The standard InChI is InChI=1S/C20H34O2/c1-19(22)9-7-15-13(11-19)3-5-17-16(15)8-10-20(2)14(12-21)4-6-18(17)20/h13-18,21-22H,3-12H2,1-2H3. The van der Waals surface area contributed by atoms with Crippen LogP contribution in [0.3, 0.4) is 0 Å². The van der Waals surface area contributed by atoms with Gasteiger partial charge in [-0.1, -0.05) is 6.92 Å². The summed E-state index contributed by atoms with van der Waals surface area (Å²) < 4.78 is 0. The molecular weight excluding hydrogens is 272 g/mol. The Morgan fingerprint density at radius 3 is 2.41 bits per heavy atom. The van der Waals surface area contributed by atoms with Gasteiger partial charge in [0.1, 0.15) is 0 Å². The number of hydrogen-bond acceptors (Lipinski definition) is 2. The fourth-order valence-electron chi connectivity index (χ4n) is 7.49. The summed E-state index contributed by atoms with van der Waals surface area (Å²) in [7, 11) is 0. The van der Waals surface area contributed by atoms with Crippen molar-refractivity contribution in [3.8, 4) is 0 Å². The predicted octanol–water partition coefficient (Wildman–Crippen LogP) is 4.00. The first-order chi connectivity index (χ1) is 10.4. The molecule has 4 rings (SSSR count). The average Bonchev–Trinajstić information content (AvgIpc) is 2.82. The third kappa shape index (κ3) is 2.20. The molecule has 0 bridgehead atoms. The molecule has 4 aliphatic rings. The highest BCUT2D eigenvalue weighted by atomic mass is 16.3. The van der Waals surface area contributed by atoms with Crippen molar-refractivity contribution in [2.75, 3.05) is 6.61 Å². The van der Waals surface area contributed by atoms with Crippen molar-refractivity contribution in [2.24, 2.45) is 40.9 Å². The second-order valence-corrected chi connectivity index (χ2v) is 9.68. The predicted molar refractivity (Wildman–Crippen MR) is 88.3 cm³/mol. The first-order valence-electron chi connectivity index (χ1n) is 9.78. The van der Waals surface area contributed by atoms with E-state index in [1.807, 2.05) is 0 Å². The van der Waals surface area contributed by atoms with Crippen molar-refractivity contribution >= 4 is 0 Å². The summed E-state index contributed by atoms with van der Waals surface area (Å²) in [5, 5.41) is 20.2. The fraction of sp³-hybridized carbons (Fsp3) is 1.00. The van der Waals surface area contributed by atoms with Crippen molar-refractivity contribution in [1.29, 1.82) is 0 Å². The topological polar surface area (TPSA) is 40.5 Å². The molecule has 0 heterocycles. The van der Waals surface area contributed by atoms with Gasteiger partial charge in [-0.2, -0.15) is 0 Å². The zero-order chi connectivity index (χ0) is 15.5. The largest absolute Gasteiger partial charge is 0.396 e. The van der Waals surface area contributed by atoms with Crippen molar-refractivity contribution < 1.29 is 10.2 Å². The van der Waals surface area contributed by atoms with Crippen molar-refractivity contribution in [1.82, 2.24) is 0 Å². The van der Waals surface area contributed by atoms with Crippen molar-refractivity contribution in [3.63, 3.8) is 0 Å². The zero-order valence-corrected chi connectivity index (χ0v) is 14.4. The quantitative estimate of drug-likeness (QED) is 0.769. The number of aliphatic hydroxyl groups excluding tert-OH is 1. The van der Waals surface area contributed by atoms with E-state index in [-0.39, 0.29) is 0 Å². The minimum Gasteiger partial charge on any atom is -0.396 e. The lowest BCUT2D eigenvalue weighted by Crippen LogP contribution is -2.50. The normalized spacial score (nSPS) is 57.8. The summed E-state index contributed by atoms with van der Waals surface area (Å²) in [6.07, 6.45) is 11.4. The number of hydrogen-bond donors (Lipinski definition) is 2. The van der Waals surface area contributed by atoms with Crippen molar-refractivity contribution in [2.45, 2.75) is 77.2 Å². The minimum absolute atomic E-state index is 0.396. The summed E-state index contributed by atoms with van der Waals surface area (Å²) in [5.74, 6) is 4.93. The molecule has 0 saturated heterocycles. The summed E-state index contributed by atoms with van der Waals surface area (Å²) in [6, 6.07) is 0. The van der Waals surface area contributed by atoms with Crippen LogP contribution < -0.4 is 0 Å². The molecule has 0 amide bonds. The van der Waals surface area contributed by atoms with E-state index in [1.54, 1.807) is 0 Å². The van der Waals surface area contributed by atoms with E-state index in [2.05, 4.69) is 13.8 Å². The van der Waals surface area contributed by atoms with Gasteiger partial charge in [0.25, 0.3) is 0 Å². The zero-order valence-electron chi connectivity index (χ0n) is 14.4. The van der Waals surface area contributed by atoms with Crippen LogP contribution >= 0.6 is 0 Å². The van der Waals surface area contributed by atoms with E-state index in [1.165, 1.54) is 44.9 Å². The number of rotatable bonds is 1. The van der Waals surface area contributed by atoms with Crippen LogP contribution in [0, 0.1) is 40.9 Å². The Labute approximate surface area is 135 Å². The molecule has 0 radical (unpaired) electrons. The fourth-order valence-corrected chi connectivity index (χ4v) is 7.49. The van der Waals surface area contributed by atoms with Gasteiger partial charge < -0.3 is 10.2 Å². The molecule has 0 aromatic carbocycles. The molecule has 2 heteroatoms. The van der Waals surface area contributed by atoms with Gasteiger partial charge in [-0.15, -0.1) is 0 Å². The Bertz CT molecular complexity index is 431. The molecule has 4 fully saturated rings. The molecule has 8 unspecified atom stereocenters. The second-order valence-electron chi connectivity index (χ2n) is 9.68. The Hall–Kier alpha value is -0.0800. The first kappa shape index (κ1) is 15.4. The van der Waals surface area contributed by atoms with Crippen LogP contribution in [0.5, 0.6) is 0 Å². The van der Waals surface area contributed by atoms with Gasteiger partial charge in [0.2, 0.25) is 0 Å². The SMILES string of the molecule is CC1(O)CCC2C(CCC3C2CCC2(C)C(CO)CCC32)C1. The van der Waals surface area contributed by atoms with Gasteiger partial charge in [-0.05, 0) is 106 Å². The van der Waals surface area contributed by atoms with Crippen molar-refractivity contribution in [3.05, 3.63) is 0 Å². The Kier molecular flexibility index (Phi) is 3.66. The Balaban J connectivity index is 1.54. The van der Waals surface area contributed by atoms with Crippen LogP contribution in [0.15, 0.2) is 0 Å². The third-order valence-electron chi connectivity index (χ3n) is 8.65. The molecule has 126 valence electrons. The van der Waals surface area contributed by atoms with Gasteiger partial charge in [0.15, 0.2) is 0 Å². The van der Waals surface area contributed by atoms with Crippen LogP contribution in [0.1, 0.15) is 71.6 Å². The van der Waals surface area contributed by atoms with Crippen LogP contribution in [0.25, 0.3) is 0 Å². The molecule has 0 spiro atoms. The lowest BCUT2D eigenvalue weighted by atomic mass is 9.49. The smallest absolute Gasteiger partial charge is 0.0622 e. The third-order valence-corrected chi connectivity index (χ3v) is 8.65. The maximum atomic E-state index is 10.4. The van der Waals surface area contributed by atoms with Crippen LogP contribution in [-0.2, 0) is 0 Å². The summed E-state index contributed by atoms with van der Waals surface area (Å²) in [4.78, 5) is 0. The van der Waals surface area contributed by atoms with Crippen LogP contribution in [0.2, 0.25) is 0 Å². The number of aliphatic hydroxyl groups is 2. The van der Waals surface area contributed by atoms with E-state index >= 15 is 0 Å². The van der Waals surface area contributed by atoms with Crippen LogP contribution in [-0.4, -0.2) is 22.4 Å². The monoisotopic (exact) mass is 306 g/mol. The molecule has 0 aliphatic heterocycles. The van der Waals surface area contributed by atoms with Gasteiger partial charge in [-0.25, -0.2) is 0 Å². The molecule has 0 aromatic rings. The molecule has 8 atom stereocenters. The van der Waals surface area contributed by atoms with Gasteiger partial charge in [0.05, 0.1) is 5.60 Å². The molecule has 2 N–H and O–H groups in total. The van der Waals surface area contributed by atoms with Gasteiger partial charge >= 0.3 is 0 Å². The van der Waals surface area contributed by atoms with E-state index in [4.69, 9.17) is 0 Å². The maximum Gasteiger partial charge on any atom is 0.0622 e. The summed E-state index contributed by atoms with van der Waals surface area (Å²) >= 11 is 0. The molecular formula is C20H34O2. The highest BCUT2D eigenvalue weighted by Crippen LogP contribution is 2.64. The summed E-state index contributed by atoms with van der Waals surface area (Å²) in [6.45, 7) is 4.94. The van der Waals surface area contributed by atoms with E-state index in [9.17, 15) is 10.2 Å². The maximum absolute atomic E-state index is 10.4. The highest BCUT2D eigenvalue weighted by molar-refractivity contribution is 5.06. The Morgan fingerprint density at radius 1 is 0.864 bits per heavy atom. The van der Waals surface area contributed by atoms with E-state index in [0.29, 0.717) is 17.9 Å². The molecule has 4 saturated carbocycles. The van der Waals surface area contributed by atoms with E-state index in [0.717, 1.165) is 42.4 Å². The summed E-state index contributed by atoms with van der Waals surface area (Å²) in [5.41, 5.74) is 0.0233. The van der Waals surface area contributed by atoms with Gasteiger partial charge in [-0.3, -0.25) is 0 Å². The lowest BCUT2D eigenvalue weighted by Gasteiger charge is -2.57. The molecule has 0 aromatic heterocycles.